The van der Waals surface area contributed by atoms with Crippen molar-refractivity contribution in [1.82, 2.24) is 0 Å². The van der Waals surface area contributed by atoms with Crippen LogP contribution in [0.4, 0.5) is 0 Å². The van der Waals surface area contributed by atoms with Gasteiger partial charge in [-0.15, -0.1) is 0 Å². The highest BCUT2D eigenvalue weighted by Crippen LogP contribution is 2.33. The average Bonchev–Trinajstić information content (AvgIpc) is 2.46. The van der Waals surface area contributed by atoms with E-state index in [1.807, 2.05) is 19.1 Å². The average molecular weight is 278 g/mol. The van der Waals surface area contributed by atoms with Crippen LogP contribution in [0.5, 0.6) is 11.5 Å². The molecule has 4 heteroatoms. The number of unbranched alkanes of at least 4 members (excludes halogenated alkanes) is 1. The highest BCUT2D eigenvalue weighted by Gasteiger charge is 2.09. The van der Waals surface area contributed by atoms with E-state index in [0.717, 1.165) is 29.7 Å². The Balaban J connectivity index is 2.94. The molecule has 0 heterocycles. The summed E-state index contributed by atoms with van der Waals surface area (Å²) >= 11 is 0. The van der Waals surface area contributed by atoms with Crippen LogP contribution in [0.25, 0.3) is 6.08 Å². The molecule has 0 saturated carbocycles. The number of hydrogen-bond donors (Lipinski definition) is 0. The summed E-state index contributed by atoms with van der Waals surface area (Å²) in [6, 6.07) is 3.79. The number of carbonyl (C=O) groups is 1. The largest absolute Gasteiger partial charge is 0.493 e. The van der Waals surface area contributed by atoms with Crippen molar-refractivity contribution in [3.63, 3.8) is 0 Å². The molecule has 0 fully saturated rings. The molecule has 0 spiro atoms. The molecule has 0 N–H and O–H groups in total. The van der Waals surface area contributed by atoms with Crippen molar-refractivity contribution in [2.24, 2.45) is 0 Å². The van der Waals surface area contributed by atoms with E-state index in [1.165, 1.54) is 13.2 Å². The number of hydrogen-bond acceptors (Lipinski definition) is 4. The minimum atomic E-state index is -0.384. The maximum atomic E-state index is 11.1. The van der Waals surface area contributed by atoms with E-state index in [2.05, 4.69) is 11.7 Å². The van der Waals surface area contributed by atoms with Crippen LogP contribution in [0.3, 0.4) is 0 Å². The lowest BCUT2D eigenvalue weighted by atomic mass is 10.1. The fraction of sp³-hybridized carbons (Fsp3) is 0.438. The topological polar surface area (TPSA) is 44.8 Å². The fourth-order valence-electron chi connectivity index (χ4n) is 1.75. The number of ether oxygens (including phenoxy) is 3. The van der Waals surface area contributed by atoms with E-state index in [-0.39, 0.29) is 5.97 Å². The molecule has 0 aliphatic rings. The normalized spacial score (nSPS) is 10.6. The number of methoxy groups -OCH3 is 2. The third-order valence-electron chi connectivity index (χ3n) is 2.84. The molecular weight excluding hydrogens is 256 g/mol. The van der Waals surface area contributed by atoms with Crippen molar-refractivity contribution >= 4 is 12.0 Å². The van der Waals surface area contributed by atoms with Gasteiger partial charge in [-0.2, -0.15) is 0 Å². The second-order valence-corrected chi connectivity index (χ2v) is 4.43. The van der Waals surface area contributed by atoms with Gasteiger partial charge in [-0.05, 0) is 42.7 Å². The van der Waals surface area contributed by atoms with E-state index < -0.39 is 0 Å². The van der Waals surface area contributed by atoms with Crippen LogP contribution in [0.1, 0.15) is 30.9 Å². The summed E-state index contributed by atoms with van der Waals surface area (Å²) in [5.41, 5.74) is 1.84. The molecule has 1 aromatic carbocycles. The lowest BCUT2D eigenvalue weighted by molar-refractivity contribution is -0.134. The lowest BCUT2D eigenvalue weighted by Crippen LogP contribution is -2.01. The molecule has 0 aliphatic heterocycles. The Morgan fingerprint density at radius 2 is 2.05 bits per heavy atom. The zero-order valence-corrected chi connectivity index (χ0v) is 12.6. The highest BCUT2D eigenvalue weighted by molar-refractivity contribution is 5.87. The molecule has 0 aliphatic carbocycles. The smallest absolute Gasteiger partial charge is 0.330 e. The second kappa shape index (κ2) is 8.25. The van der Waals surface area contributed by atoms with Crippen molar-refractivity contribution in [1.29, 1.82) is 0 Å². The first-order valence-electron chi connectivity index (χ1n) is 6.69. The van der Waals surface area contributed by atoms with E-state index in [4.69, 9.17) is 9.47 Å². The third kappa shape index (κ3) is 4.61. The Bertz CT molecular complexity index is 478. The second-order valence-electron chi connectivity index (χ2n) is 4.43. The van der Waals surface area contributed by atoms with Gasteiger partial charge in [0, 0.05) is 6.08 Å². The molecule has 0 unspecified atom stereocenters. The van der Waals surface area contributed by atoms with Gasteiger partial charge in [0.15, 0.2) is 11.5 Å². The standard InChI is InChI=1S/C16H22O4/c1-5-6-9-20-16-12(2)10-13(11-14(16)18-3)7-8-15(17)19-4/h7-8,10-11H,5-6,9H2,1-4H3/b8-7+. The van der Waals surface area contributed by atoms with Crippen LogP contribution in [-0.4, -0.2) is 26.8 Å². The number of aryl methyl sites for hydroxylation is 1. The quantitative estimate of drug-likeness (QED) is 0.436. The van der Waals surface area contributed by atoms with Crippen LogP contribution < -0.4 is 9.47 Å². The van der Waals surface area contributed by atoms with Crippen LogP contribution in [0, 0.1) is 6.92 Å². The van der Waals surface area contributed by atoms with E-state index in [9.17, 15) is 4.79 Å². The van der Waals surface area contributed by atoms with Gasteiger partial charge in [-0.25, -0.2) is 4.79 Å². The first kappa shape index (κ1) is 16.1. The third-order valence-corrected chi connectivity index (χ3v) is 2.84. The molecule has 20 heavy (non-hydrogen) atoms. The zero-order chi connectivity index (χ0) is 15.0. The Kier molecular flexibility index (Phi) is 6.64. The molecule has 0 bridgehead atoms. The SMILES string of the molecule is CCCCOc1c(C)cc(/C=C/C(=O)OC)cc1OC. The van der Waals surface area contributed by atoms with Crippen molar-refractivity contribution in [3.05, 3.63) is 29.3 Å². The molecule has 1 rings (SSSR count). The first-order chi connectivity index (χ1) is 9.62. The van der Waals surface area contributed by atoms with Gasteiger partial charge in [0.05, 0.1) is 20.8 Å². The lowest BCUT2D eigenvalue weighted by Gasteiger charge is -2.14. The summed E-state index contributed by atoms with van der Waals surface area (Å²) in [5, 5.41) is 0. The molecule has 0 atom stereocenters. The van der Waals surface area contributed by atoms with E-state index in [1.54, 1.807) is 13.2 Å². The van der Waals surface area contributed by atoms with Crippen LogP contribution >= 0.6 is 0 Å². The molecule has 0 aromatic heterocycles. The van der Waals surface area contributed by atoms with Gasteiger partial charge < -0.3 is 14.2 Å². The summed E-state index contributed by atoms with van der Waals surface area (Å²) in [4.78, 5) is 11.1. The minimum absolute atomic E-state index is 0.384. The Hall–Kier alpha value is -1.97. The van der Waals surface area contributed by atoms with Gasteiger partial charge in [0.2, 0.25) is 0 Å². The maximum Gasteiger partial charge on any atom is 0.330 e. The molecule has 0 amide bonds. The van der Waals surface area contributed by atoms with Crippen molar-refractivity contribution in [3.8, 4) is 11.5 Å². The van der Waals surface area contributed by atoms with E-state index >= 15 is 0 Å². The number of benzene rings is 1. The summed E-state index contributed by atoms with van der Waals surface area (Å²) < 4.78 is 15.7. The summed E-state index contributed by atoms with van der Waals surface area (Å²) in [5.74, 6) is 1.05. The minimum Gasteiger partial charge on any atom is -0.493 e. The Morgan fingerprint density at radius 1 is 1.30 bits per heavy atom. The van der Waals surface area contributed by atoms with Crippen LogP contribution in [0.2, 0.25) is 0 Å². The molecule has 1 aromatic rings. The van der Waals surface area contributed by atoms with Crippen molar-refractivity contribution < 1.29 is 19.0 Å². The Labute approximate surface area is 120 Å². The summed E-state index contributed by atoms with van der Waals surface area (Å²) in [6.07, 6.45) is 5.16. The van der Waals surface area contributed by atoms with Crippen molar-refractivity contribution in [2.45, 2.75) is 26.7 Å². The first-order valence-corrected chi connectivity index (χ1v) is 6.69. The van der Waals surface area contributed by atoms with Crippen LogP contribution in [0.15, 0.2) is 18.2 Å². The zero-order valence-electron chi connectivity index (χ0n) is 12.6. The number of esters is 1. The number of rotatable bonds is 7. The predicted octanol–water partition coefficient (Wildman–Crippen LogP) is 3.37. The monoisotopic (exact) mass is 278 g/mol. The van der Waals surface area contributed by atoms with Gasteiger partial charge in [0.25, 0.3) is 0 Å². The van der Waals surface area contributed by atoms with Gasteiger partial charge in [0.1, 0.15) is 0 Å². The molecule has 110 valence electrons. The van der Waals surface area contributed by atoms with Gasteiger partial charge >= 0.3 is 5.97 Å². The van der Waals surface area contributed by atoms with E-state index in [0.29, 0.717) is 12.4 Å². The summed E-state index contributed by atoms with van der Waals surface area (Å²) in [7, 11) is 2.96. The molecule has 4 nitrogen and oxygen atoms in total. The van der Waals surface area contributed by atoms with Gasteiger partial charge in [-0.1, -0.05) is 13.3 Å². The predicted molar refractivity (Wildman–Crippen MR) is 79.2 cm³/mol. The van der Waals surface area contributed by atoms with Crippen molar-refractivity contribution in [2.75, 3.05) is 20.8 Å². The molecular formula is C16H22O4. The Morgan fingerprint density at radius 3 is 2.65 bits per heavy atom. The molecule has 0 radical (unpaired) electrons. The summed E-state index contributed by atoms with van der Waals surface area (Å²) in [6.45, 7) is 4.75. The molecule has 0 saturated heterocycles. The maximum absolute atomic E-state index is 11.1. The fourth-order valence-corrected chi connectivity index (χ4v) is 1.75. The van der Waals surface area contributed by atoms with Gasteiger partial charge in [-0.3, -0.25) is 0 Å². The number of carbonyl (C=O) groups excluding carboxylic acids is 1. The van der Waals surface area contributed by atoms with Crippen LogP contribution in [-0.2, 0) is 9.53 Å². The highest BCUT2D eigenvalue weighted by atomic mass is 16.5.